The Kier molecular flexibility index (Phi) is 5.12. The summed E-state index contributed by atoms with van der Waals surface area (Å²) in [6.45, 7) is 2.20. The Bertz CT molecular complexity index is 1610. The standard InChI is InChI=1S/C32H24N2/c1-2-22-14-16-26-28(20-22)31(32-33-18-9-19-34-32)27-17-15-25(23-10-5-3-6-11-23)21-29(27)30(26)24-12-7-4-8-13-24/h3-21H,2H2,1H3. The Morgan fingerprint density at radius 3 is 1.82 bits per heavy atom. The van der Waals surface area contributed by atoms with Gasteiger partial charge in [0.2, 0.25) is 0 Å². The second-order valence-corrected chi connectivity index (χ2v) is 8.55. The number of nitrogens with zero attached hydrogens (tertiary/aromatic N) is 2. The van der Waals surface area contributed by atoms with Gasteiger partial charge in [0.15, 0.2) is 5.82 Å². The van der Waals surface area contributed by atoms with E-state index < -0.39 is 0 Å². The molecule has 0 aliphatic rings. The van der Waals surface area contributed by atoms with Crippen LogP contribution < -0.4 is 0 Å². The number of benzene rings is 5. The molecule has 0 spiro atoms. The van der Waals surface area contributed by atoms with Crippen LogP contribution in [-0.2, 0) is 6.42 Å². The van der Waals surface area contributed by atoms with Crippen LogP contribution in [0, 0.1) is 0 Å². The summed E-state index contributed by atoms with van der Waals surface area (Å²) in [5.74, 6) is 0.762. The summed E-state index contributed by atoms with van der Waals surface area (Å²) >= 11 is 0. The first-order valence-corrected chi connectivity index (χ1v) is 11.7. The minimum atomic E-state index is 0.762. The smallest absolute Gasteiger partial charge is 0.160 e. The minimum Gasteiger partial charge on any atom is -0.237 e. The molecule has 0 aliphatic heterocycles. The topological polar surface area (TPSA) is 25.8 Å². The lowest BCUT2D eigenvalue weighted by molar-refractivity contribution is 1.14. The van der Waals surface area contributed by atoms with Crippen molar-refractivity contribution in [3.8, 4) is 33.6 Å². The van der Waals surface area contributed by atoms with Crippen molar-refractivity contribution in [1.29, 1.82) is 0 Å². The average molecular weight is 437 g/mol. The van der Waals surface area contributed by atoms with E-state index in [9.17, 15) is 0 Å². The van der Waals surface area contributed by atoms with Gasteiger partial charge in [0.05, 0.1) is 0 Å². The van der Waals surface area contributed by atoms with E-state index in [-0.39, 0.29) is 0 Å². The van der Waals surface area contributed by atoms with Gasteiger partial charge in [-0.15, -0.1) is 0 Å². The lowest BCUT2D eigenvalue weighted by Crippen LogP contribution is -1.95. The highest BCUT2D eigenvalue weighted by atomic mass is 14.9. The summed E-state index contributed by atoms with van der Waals surface area (Å²) in [6, 6.07) is 36.8. The van der Waals surface area contributed by atoms with Gasteiger partial charge in [-0.05, 0) is 67.9 Å². The maximum absolute atomic E-state index is 4.68. The Balaban J connectivity index is 1.81. The molecule has 2 heteroatoms. The summed E-state index contributed by atoms with van der Waals surface area (Å²) in [5.41, 5.74) is 7.29. The van der Waals surface area contributed by atoms with Gasteiger partial charge in [-0.25, -0.2) is 9.97 Å². The summed E-state index contributed by atoms with van der Waals surface area (Å²) in [7, 11) is 0. The highest BCUT2D eigenvalue weighted by molar-refractivity contribution is 6.21. The average Bonchev–Trinajstić information content (AvgIpc) is 2.92. The van der Waals surface area contributed by atoms with E-state index in [2.05, 4.69) is 114 Å². The molecule has 0 fully saturated rings. The van der Waals surface area contributed by atoms with E-state index in [1.807, 2.05) is 18.5 Å². The molecular weight excluding hydrogens is 412 g/mol. The maximum atomic E-state index is 4.68. The van der Waals surface area contributed by atoms with Crippen LogP contribution in [0.15, 0.2) is 116 Å². The molecule has 0 radical (unpaired) electrons. The van der Waals surface area contributed by atoms with E-state index in [1.165, 1.54) is 49.4 Å². The van der Waals surface area contributed by atoms with Crippen LogP contribution in [0.1, 0.15) is 12.5 Å². The molecule has 0 atom stereocenters. The van der Waals surface area contributed by atoms with E-state index in [0.29, 0.717) is 0 Å². The first-order chi connectivity index (χ1) is 16.8. The number of aryl methyl sites for hydroxylation is 1. The largest absolute Gasteiger partial charge is 0.237 e. The quantitative estimate of drug-likeness (QED) is 0.260. The third kappa shape index (κ3) is 3.45. The number of hydrogen-bond acceptors (Lipinski definition) is 2. The van der Waals surface area contributed by atoms with Gasteiger partial charge >= 0.3 is 0 Å². The van der Waals surface area contributed by atoms with E-state index in [1.54, 1.807) is 0 Å². The molecular formula is C32H24N2. The molecule has 6 aromatic rings. The zero-order valence-corrected chi connectivity index (χ0v) is 19.1. The highest BCUT2D eigenvalue weighted by Gasteiger charge is 2.19. The summed E-state index contributed by atoms with van der Waals surface area (Å²) in [4.78, 5) is 9.35. The zero-order chi connectivity index (χ0) is 22.9. The molecule has 0 N–H and O–H groups in total. The van der Waals surface area contributed by atoms with Crippen molar-refractivity contribution in [2.24, 2.45) is 0 Å². The van der Waals surface area contributed by atoms with Crippen LogP contribution in [0.5, 0.6) is 0 Å². The first kappa shape index (κ1) is 20.3. The molecule has 2 nitrogen and oxygen atoms in total. The number of hydrogen-bond donors (Lipinski definition) is 0. The SMILES string of the molecule is CCc1ccc2c(-c3ccccc3)c3cc(-c4ccccc4)ccc3c(-c3ncccn3)c2c1. The molecule has 0 saturated carbocycles. The van der Waals surface area contributed by atoms with Gasteiger partial charge in [0.25, 0.3) is 0 Å². The molecule has 5 aromatic carbocycles. The van der Waals surface area contributed by atoms with E-state index in [0.717, 1.165) is 17.8 Å². The Morgan fingerprint density at radius 1 is 0.500 bits per heavy atom. The lowest BCUT2D eigenvalue weighted by atomic mass is 9.86. The van der Waals surface area contributed by atoms with Crippen LogP contribution in [0.3, 0.4) is 0 Å². The Hall–Kier alpha value is -4.30. The van der Waals surface area contributed by atoms with Crippen molar-refractivity contribution < 1.29 is 0 Å². The second kappa shape index (κ2) is 8.57. The van der Waals surface area contributed by atoms with Crippen molar-refractivity contribution in [2.45, 2.75) is 13.3 Å². The fraction of sp³-hybridized carbons (Fsp3) is 0.0625. The molecule has 0 aliphatic carbocycles. The summed E-state index contributed by atoms with van der Waals surface area (Å²) in [6.07, 6.45) is 4.64. The predicted octanol–water partition coefficient (Wildman–Crippen LogP) is 8.35. The van der Waals surface area contributed by atoms with Crippen molar-refractivity contribution in [3.05, 3.63) is 121 Å². The molecule has 1 heterocycles. The van der Waals surface area contributed by atoms with Crippen molar-refractivity contribution in [1.82, 2.24) is 9.97 Å². The molecule has 0 bridgehead atoms. The fourth-order valence-corrected chi connectivity index (χ4v) is 4.89. The van der Waals surface area contributed by atoms with E-state index in [4.69, 9.17) is 0 Å². The van der Waals surface area contributed by atoms with Crippen LogP contribution in [0.4, 0.5) is 0 Å². The van der Waals surface area contributed by atoms with Crippen LogP contribution in [0.2, 0.25) is 0 Å². The summed E-state index contributed by atoms with van der Waals surface area (Å²) in [5, 5.41) is 4.81. The fourth-order valence-electron chi connectivity index (χ4n) is 4.89. The van der Waals surface area contributed by atoms with Crippen molar-refractivity contribution in [3.63, 3.8) is 0 Å². The van der Waals surface area contributed by atoms with Gasteiger partial charge in [0.1, 0.15) is 0 Å². The van der Waals surface area contributed by atoms with Crippen LogP contribution in [0.25, 0.3) is 55.2 Å². The maximum Gasteiger partial charge on any atom is 0.160 e. The van der Waals surface area contributed by atoms with E-state index >= 15 is 0 Å². The molecule has 0 amide bonds. The molecule has 0 unspecified atom stereocenters. The number of aromatic nitrogens is 2. The van der Waals surface area contributed by atoms with Crippen molar-refractivity contribution >= 4 is 21.5 Å². The van der Waals surface area contributed by atoms with Gasteiger partial charge < -0.3 is 0 Å². The second-order valence-electron chi connectivity index (χ2n) is 8.55. The van der Waals surface area contributed by atoms with Gasteiger partial charge in [-0.3, -0.25) is 0 Å². The number of fused-ring (bicyclic) bond motifs is 2. The van der Waals surface area contributed by atoms with Crippen LogP contribution in [-0.4, -0.2) is 9.97 Å². The monoisotopic (exact) mass is 436 g/mol. The third-order valence-electron chi connectivity index (χ3n) is 6.55. The number of rotatable bonds is 4. The van der Waals surface area contributed by atoms with Gasteiger partial charge in [-0.1, -0.05) is 97.9 Å². The molecule has 162 valence electrons. The van der Waals surface area contributed by atoms with Gasteiger partial charge in [-0.2, -0.15) is 0 Å². The minimum absolute atomic E-state index is 0.762. The lowest BCUT2D eigenvalue weighted by Gasteiger charge is -2.18. The Morgan fingerprint density at radius 2 is 1.12 bits per heavy atom. The first-order valence-electron chi connectivity index (χ1n) is 11.7. The zero-order valence-electron chi connectivity index (χ0n) is 19.1. The van der Waals surface area contributed by atoms with Gasteiger partial charge in [0, 0.05) is 18.0 Å². The molecule has 0 saturated heterocycles. The highest BCUT2D eigenvalue weighted by Crippen LogP contribution is 2.44. The third-order valence-corrected chi connectivity index (χ3v) is 6.55. The predicted molar refractivity (Wildman–Crippen MR) is 143 cm³/mol. The van der Waals surface area contributed by atoms with Crippen LogP contribution >= 0.6 is 0 Å². The normalized spacial score (nSPS) is 11.2. The molecule has 34 heavy (non-hydrogen) atoms. The van der Waals surface area contributed by atoms with Crippen molar-refractivity contribution in [2.75, 3.05) is 0 Å². The molecule has 6 rings (SSSR count). The molecule has 1 aromatic heterocycles. The Labute approximate surface area is 199 Å². The summed E-state index contributed by atoms with van der Waals surface area (Å²) < 4.78 is 0.